The number of nitrogens with zero attached hydrogens (tertiary/aromatic N) is 2. The van der Waals surface area contributed by atoms with Gasteiger partial charge in [0.1, 0.15) is 11.5 Å². The SMILES string of the molecule is O=C(c1cc(NCCc2ccccc2F)ccn1)N1CCCc2ccccc21. The van der Waals surface area contributed by atoms with E-state index >= 15 is 0 Å². The lowest BCUT2D eigenvalue weighted by Gasteiger charge is -2.29. The minimum atomic E-state index is -0.196. The van der Waals surface area contributed by atoms with Crippen molar-refractivity contribution < 1.29 is 9.18 Å². The fourth-order valence-electron chi connectivity index (χ4n) is 3.58. The van der Waals surface area contributed by atoms with E-state index in [0.29, 0.717) is 30.8 Å². The van der Waals surface area contributed by atoms with Gasteiger partial charge in [-0.2, -0.15) is 0 Å². The van der Waals surface area contributed by atoms with E-state index in [1.807, 2.05) is 35.2 Å². The van der Waals surface area contributed by atoms with Crippen LogP contribution in [-0.2, 0) is 12.8 Å². The number of anilines is 2. The van der Waals surface area contributed by atoms with Crippen molar-refractivity contribution in [3.05, 3.63) is 89.5 Å². The van der Waals surface area contributed by atoms with E-state index in [-0.39, 0.29) is 11.7 Å². The molecule has 1 N–H and O–H groups in total. The quantitative estimate of drug-likeness (QED) is 0.716. The number of carbonyl (C=O) groups excluding carboxylic acids is 1. The molecule has 1 aliphatic heterocycles. The zero-order chi connectivity index (χ0) is 19.3. The Balaban J connectivity index is 1.45. The number of carbonyl (C=O) groups is 1. The number of fused-ring (bicyclic) bond motifs is 1. The zero-order valence-corrected chi connectivity index (χ0v) is 15.6. The monoisotopic (exact) mass is 375 g/mol. The first kappa shape index (κ1) is 18.2. The van der Waals surface area contributed by atoms with Crippen molar-refractivity contribution in [3.63, 3.8) is 0 Å². The molecule has 0 atom stereocenters. The van der Waals surface area contributed by atoms with Crippen molar-refractivity contribution in [2.24, 2.45) is 0 Å². The summed E-state index contributed by atoms with van der Waals surface area (Å²) in [5.74, 6) is -0.288. The number of benzene rings is 2. The van der Waals surface area contributed by atoms with Crippen LogP contribution < -0.4 is 10.2 Å². The van der Waals surface area contributed by atoms with Gasteiger partial charge in [-0.05, 0) is 54.7 Å². The van der Waals surface area contributed by atoms with Crippen LogP contribution in [0.25, 0.3) is 0 Å². The summed E-state index contributed by atoms with van der Waals surface area (Å²) in [7, 11) is 0. The van der Waals surface area contributed by atoms with E-state index in [4.69, 9.17) is 0 Å². The number of rotatable bonds is 5. The van der Waals surface area contributed by atoms with Crippen LogP contribution in [0, 0.1) is 5.82 Å². The molecule has 0 saturated carbocycles. The smallest absolute Gasteiger partial charge is 0.276 e. The van der Waals surface area contributed by atoms with Gasteiger partial charge in [0, 0.05) is 30.7 Å². The van der Waals surface area contributed by atoms with E-state index in [9.17, 15) is 9.18 Å². The largest absolute Gasteiger partial charge is 0.385 e. The molecular formula is C23H22FN3O. The summed E-state index contributed by atoms with van der Waals surface area (Å²) in [6.45, 7) is 1.27. The van der Waals surface area contributed by atoms with Gasteiger partial charge in [-0.1, -0.05) is 36.4 Å². The minimum Gasteiger partial charge on any atom is -0.385 e. The van der Waals surface area contributed by atoms with Crippen molar-refractivity contribution in [1.29, 1.82) is 0 Å². The number of para-hydroxylation sites is 1. The third kappa shape index (κ3) is 3.88. The number of halogens is 1. The summed E-state index contributed by atoms with van der Waals surface area (Å²) in [6, 6.07) is 18.4. The molecule has 1 aliphatic rings. The highest BCUT2D eigenvalue weighted by Crippen LogP contribution is 2.28. The number of pyridine rings is 1. The predicted molar refractivity (Wildman–Crippen MR) is 109 cm³/mol. The van der Waals surface area contributed by atoms with Crippen LogP contribution in [0.4, 0.5) is 15.8 Å². The first-order chi connectivity index (χ1) is 13.7. The number of hydrogen-bond acceptors (Lipinski definition) is 3. The number of nitrogens with one attached hydrogen (secondary N) is 1. The zero-order valence-electron chi connectivity index (χ0n) is 15.6. The van der Waals surface area contributed by atoms with Crippen molar-refractivity contribution >= 4 is 17.3 Å². The molecule has 2 aromatic carbocycles. The molecule has 0 saturated heterocycles. The second-order valence-corrected chi connectivity index (χ2v) is 6.89. The van der Waals surface area contributed by atoms with Gasteiger partial charge in [0.25, 0.3) is 5.91 Å². The number of aromatic nitrogens is 1. The van der Waals surface area contributed by atoms with E-state index in [1.54, 1.807) is 24.4 Å². The molecule has 0 radical (unpaired) electrons. The van der Waals surface area contributed by atoms with Crippen LogP contribution in [-0.4, -0.2) is 24.0 Å². The van der Waals surface area contributed by atoms with E-state index in [0.717, 1.165) is 24.2 Å². The molecule has 1 aromatic heterocycles. The Hall–Kier alpha value is -3.21. The topological polar surface area (TPSA) is 45.2 Å². The van der Waals surface area contributed by atoms with Crippen LogP contribution in [0.3, 0.4) is 0 Å². The van der Waals surface area contributed by atoms with Crippen LogP contribution in [0.15, 0.2) is 66.9 Å². The normalized spacial score (nSPS) is 13.1. The lowest BCUT2D eigenvalue weighted by molar-refractivity contribution is 0.0980. The average molecular weight is 375 g/mol. The standard InChI is InChI=1S/C23H22FN3O/c24-20-9-3-1-6-17(20)11-13-25-19-12-14-26-21(16-19)23(28)27-15-5-8-18-7-2-4-10-22(18)27/h1-4,6-7,9-10,12,14,16H,5,8,11,13,15H2,(H,25,26). The predicted octanol–water partition coefficient (Wildman–Crippen LogP) is 4.47. The maximum absolute atomic E-state index is 13.7. The highest BCUT2D eigenvalue weighted by Gasteiger charge is 2.24. The molecule has 0 unspecified atom stereocenters. The van der Waals surface area contributed by atoms with Gasteiger partial charge < -0.3 is 10.2 Å². The Kier molecular flexibility index (Phi) is 5.33. The highest BCUT2D eigenvalue weighted by molar-refractivity contribution is 6.05. The third-order valence-corrected chi connectivity index (χ3v) is 5.02. The first-order valence-corrected chi connectivity index (χ1v) is 9.55. The maximum atomic E-state index is 13.7. The molecule has 142 valence electrons. The number of amides is 1. The summed E-state index contributed by atoms with van der Waals surface area (Å²) in [5.41, 5.74) is 4.05. The van der Waals surface area contributed by atoms with Crippen molar-refractivity contribution in [1.82, 2.24) is 4.98 Å². The van der Waals surface area contributed by atoms with Crippen molar-refractivity contribution in [3.8, 4) is 0 Å². The van der Waals surface area contributed by atoms with Crippen LogP contribution in [0.2, 0.25) is 0 Å². The van der Waals surface area contributed by atoms with Gasteiger partial charge in [-0.3, -0.25) is 9.78 Å². The molecule has 2 heterocycles. The molecular weight excluding hydrogens is 353 g/mol. The lowest BCUT2D eigenvalue weighted by atomic mass is 10.0. The molecule has 5 heteroatoms. The molecule has 4 rings (SSSR count). The fraction of sp³-hybridized carbons (Fsp3) is 0.217. The molecule has 0 fully saturated rings. The van der Waals surface area contributed by atoms with Gasteiger partial charge in [0.15, 0.2) is 0 Å². The van der Waals surface area contributed by atoms with Crippen molar-refractivity contribution in [2.75, 3.05) is 23.3 Å². The number of hydrogen-bond donors (Lipinski definition) is 1. The van der Waals surface area contributed by atoms with Gasteiger partial charge in [-0.25, -0.2) is 4.39 Å². The fourth-order valence-corrected chi connectivity index (χ4v) is 3.58. The minimum absolute atomic E-state index is 0.0927. The molecule has 1 amide bonds. The molecule has 4 nitrogen and oxygen atoms in total. The lowest BCUT2D eigenvalue weighted by Crippen LogP contribution is -2.35. The molecule has 0 aliphatic carbocycles. The Morgan fingerprint density at radius 2 is 1.93 bits per heavy atom. The summed E-state index contributed by atoms with van der Waals surface area (Å²) >= 11 is 0. The Morgan fingerprint density at radius 1 is 1.11 bits per heavy atom. The van der Waals surface area contributed by atoms with Gasteiger partial charge >= 0.3 is 0 Å². The third-order valence-electron chi connectivity index (χ3n) is 5.02. The second-order valence-electron chi connectivity index (χ2n) is 6.89. The highest BCUT2D eigenvalue weighted by atomic mass is 19.1. The Bertz CT molecular complexity index is 989. The number of aryl methyl sites for hydroxylation is 1. The summed E-state index contributed by atoms with van der Waals surface area (Å²) in [4.78, 5) is 19.1. The van der Waals surface area contributed by atoms with E-state index in [2.05, 4.69) is 16.4 Å². The van der Waals surface area contributed by atoms with Crippen LogP contribution >= 0.6 is 0 Å². The summed E-state index contributed by atoms with van der Waals surface area (Å²) < 4.78 is 13.7. The Morgan fingerprint density at radius 3 is 2.82 bits per heavy atom. The van der Waals surface area contributed by atoms with Gasteiger partial charge in [-0.15, -0.1) is 0 Å². The Labute approximate surface area is 164 Å². The molecule has 28 heavy (non-hydrogen) atoms. The first-order valence-electron chi connectivity index (χ1n) is 9.55. The van der Waals surface area contributed by atoms with Crippen LogP contribution in [0.1, 0.15) is 28.0 Å². The summed E-state index contributed by atoms with van der Waals surface area (Å²) in [6.07, 6.45) is 4.14. The summed E-state index contributed by atoms with van der Waals surface area (Å²) in [5, 5.41) is 3.26. The van der Waals surface area contributed by atoms with E-state index < -0.39 is 0 Å². The maximum Gasteiger partial charge on any atom is 0.276 e. The molecule has 0 bridgehead atoms. The van der Waals surface area contributed by atoms with Gasteiger partial charge in [0.2, 0.25) is 0 Å². The van der Waals surface area contributed by atoms with E-state index in [1.165, 1.54) is 11.6 Å². The van der Waals surface area contributed by atoms with Crippen molar-refractivity contribution in [2.45, 2.75) is 19.3 Å². The second kappa shape index (κ2) is 8.21. The average Bonchev–Trinajstić information content (AvgIpc) is 2.74. The van der Waals surface area contributed by atoms with Gasteiger partial charge in [0.05, 0.1) is 0 Å². The molecule has 0 spiro atoms. The molecule has 3 aromatic rings. The van der Waals surface area contributed by atoms with Crippen LogP contribution in [0.5, 0.6) is 0 Å².